The van der Waals surface area contributed by atoms with Crippen LogP contribution in [0.2, 0.25) is 0 Å². The van der Waals surface area contributed by atoms with E-state index in [-0.39, 0.29) is 4.47 Å². The molecule has 104 valence electrons. The Labute approximate surface area is 119 Å². The lowest BCUT2D eigenvalue weighted by molar-refractivity contribution is 0.0935. The van der Waals surface area contributed by atoms with E-state index in [0.29, 0.717) is 12.5 Å². The molecule has 1 amide bonds. The largest absolute Gasteiger partial charge is 0.352 e. The van der Waals surface area contributed by atoms with E-state index >= 15 is 0 Å². The summed E-state index contributed by atoms with van der Waals surface area (Å²) in [7, 11) is 0. The number of carbonyl (C=O) groups is 1. The van der Waals surface area contributed by atoms with E-state index in [0.717, 1.165) is 25.0 Å². The lowest BCUT2D eigenvalue weighted by Crippen LogP contribution is -2.31. The van der Waals surface area contributed by atoms with Gasteiger partial charge in [0.25, 0.3) is 5.91 Å². The van der Waals surface area contributed by atoms with Crippen molar-refractivity contribution in [3.63, 3.8) is 0 Å². The van der Waals surface area contributed by atoms with Crippen molar-refractivity contribution in [1.82, 2.24) is 5.32 Å². The van der Waals surface area contributed by atoms with Gasteiger partial charge in [-0.2, -0.15) is 0 Å². The predicted molar refractivity (Wildman–Crippen MR) is 73.0 cm³/mol. The second kappa shape index (κ2) is 6.46. The zero-order chi connectivity index (χ0) is 13.8. The average Bonchev–Trinajstić information content (AvgIpc) is 2.36. The lowest BCUT2D eigenvalue weighted by Gasteiger charge is -2.21. The highest BCUT2D eigenvalue weighted by atomic mass is 79.9. The normalized spacial score (nSPS) is 16.4. The summed E-state index contributed by atoms with van der Waals surface area (Å²) in [5, 5.41) is 2.64. The molecule has 1 fully saturated rings. The van der Waals surface area contributed by atoms with Gasteiger partial charge in [0.05, 0.1) is 0 Å². The van der Waals surface area contributed by atoms with Crippen molar-refractivity contribution < 1.29 is 13.6 Å². The number of rotatable bonds is 3. The molecule has 0 heterocycles. The number of benzene rings is 1. The summed E-state index contributed by atoms with van der Waals surface area (Å²) in [4.78, 5) is 11.8. The van der Waals surface area contributed by atoms with Gasteiger partial charge in [-0.1, -0.05) is 35.2 Å². The van der Waals surface area contributed by atoms with Crippen molar-refractivity contribution in [3.8, 4) is 0 Å². The third kappa shape index (κ3) is 3.75. The fourth-order valence-corrected chi connectivity index (χ4v) is 2.88. The highest BCUT2D eigenvalue weighted by Crippen LogP contribution is 2.23. The first-order valence-corrected chi connectivity index (χ1v) is 7.30. The lowest BCUT2D eigenvalue weighted by atomic mass is 9.89. The van der Waals surface area contributed by atoms with E-state index in [1.165, 1.54) is 19.3 Å². The molecule has 0 saturated heterocycles. The third-order valence-corrected chi connectivity index (χ3v) is 3.97. The number of nitrogens with one attached hydrogen (secondary N) is 1. The highest BCUT2D eigenvalue weighted by molar-refractivity contribution is 9.10. The summed E-state index contributed by atoms with van der Waals surface area (Å²) >= 11 is 2.99. The molecule has 1 saturated carbocycles. The summed E-state index contributed by atoms with van der Waals surface area (Å²) in [5.41, 5.74) is -0.501. The quantitative estimate of drug-likeness (QED) is 0.889. The van der Waals surface area contributed by atoms with Crippen LogP contribution in [0.15, 0.2) is 16.6 Å². The van der Waals surface area contributed by atoms with E-state index < -0.39 is 23.1 Å². The van der Waals surface area contributed by atoms with Crippen LogP contribution < -0.4 is 5.32 Å². The number of halogens is 3. The van der Waals surface area contributed by atoms with E-state index in [4.69, 9.17) is 0 Å². The summed E-state index contributed by atoms with van der Waals surface area (Å²) in [5.74, 6) is -1.92. The van der Waals surface area contributed by atoms with Gasteiger partial charge in [0.1, 0.15) is 17.2 Å². The molecule has 1 aromatic rings. The van der Waals surface area contributed by atoms with Crippen LogP contribution in [0.25, 0.3) is 0 Å². The Balaban J connectivity index is 1.99. The van der Waals surface area contributed by atoms with Gasteiger partial charge < -0.3 is 5.32 Å². The molecule has 0 bridgehead atoms. The maximum atomic E-state index is 13.6. The standard InChI is InChI=1S/C14H16BrF2NO/c15-10-6-11(16)13(12(17)7-10)14(19)18-8-9-4-2-1-3-5-9/h6-7,9H,1-5,8H2,(H,18,19). The third-order valence-electron chi connectivity index (χ3n) is 3.51. The van der Waals surface area contributed by atoms with E-state index in [1.54, 1.807) is 0 Å². The fourth-order valence-electron chi connectivity index (χ4n) is 2.48. The molecular weight excluding hydrogens is 316 g/mol. The van der Waals surface area contributed by atoms with Crippen LogP contribution in [-0.4, -0.2) is 12.5 Å². The fraction of sp³-hybridized carbons (Fsp3) is 0.500. The predicted octanol–water partition coefficient (Wildman–Crippen LogP) is 4.04. The highest BCUT2D eigenvalue weighted by Gasteiger charge is 2.20. The average molecular weight is 332 g/mol. The van der Waals surface area contributed by atoms with Crippen molar-refractivity contribution in [2.24, 2.45) is 5.92 Å². The monoisotopic (exact) mass is 331 g/mol. The molecule has 0 aromatic heterocycles. The minimum absolute atomic E-state index is 0.284. The van der Waals surface area contributed by atoms with Crippen molar-refractivity contribution in [1.29, 1.82) is 0 Å². The molecule has 0 aliphatic heterocycles. The molecule has 19 heavy (non-hydrogen) atoms. The van der Waals surface area contributed by atoms with E-state index in [1.807, 2.05) is 0 Å². The van der Waals surface area contributed by atoms with E-state index in [2.05, 4.69) is 21.2 Å². The zero-order valence-corrected chi connectivity index (χ0v) is 12.1. The minimum atomic E-state index is -0.840. The summed E-state index contributed by atoms with van der Waals surface area (Å²) in [6, 6.07) is 2.19. The Morgan fingerprint density at radius 1 is 1.21 bits per heavy atom. The van der Waals surface area contributed by atoms with Crippen LogP contribution in [0.1, 0.15) is 42.5 Å². The molecule has 1 aliphatic rings. The first-order chi connectivity index (χ1) is 9.08. The molecular formula is C14H16BrF2NO. The number of amides is 1. The van der Waals surface area contributed by atoms with Gasteiger partial charge in [0.15, 0.2) is 0 Å². The van der Waals surface area contributed by atoms with Crippen molar-refractivity contribution in [3.05, 3.63) is 33.8 Å². The van der Waals surface area contributed by atoms with Gasteiger partial charge >= 0.3 is 0 Å². The summed E-state index contributed by atoms with van der Waals surface area (Å²) in [6.07, 6.45) is 5.72. The second-order valence-electron chi connectivity index (χ2n) is 4.96. The molecule has 1 N–H and O–H groups in total. The van der Waals surface area contributed by atoms with Crippen LogP contribution >= 0.6 is 15.9 Å². The second-order valence-corrected chi connectivity index (χ2v) is 5.87. The maximum Gasteiger partial charge on any atom is 0.257 e. The van der Waals surface area contributed by atoms with Gasteiger partial charge in [-0.25, -0.2) is 8.78 Å². The van der Waals surface area contributed by atoms with Gasteiger partial charge in [0.2, 0.25) is 0 Å². The summed E-state index contributed by atoms with van der Waals surface area (Å²) in [6.45, 7) is 0.494. The molecule has 0 radical (unpaired) electrons. The van der Waals surface area contributed by atoms with Gasteiger partial charge in [-0.15, -0.1) is 0 Å². The first-order valence-electron chi connectivity index (χ1n) is 6.50. The smallest absolute Gasteiger partial charge is 0.257 e. The van der Waals surface area contributed by atoms with Crippen LogP contribution in [0.5, 0.6) is 0 Å². The minimum Gasteiger partial charge on any atom is -0.352 e. The zero-order valence-electron chi connectivity index (χ0n) is 10.5. The van der Waals surface area contributed by atoms with Gasteiger partial charge in [-0.3, -0.25) is 4.79 Å². The Morgan fingerprint density at radius 2 is 1.79 bits per heavy atom. The first kappa shape index (κ1) is 14.4. The van der Waals surface area contributed by atoms with Crippen molar-refractivity contribution in [2.45, 2.75) is 32.1 Å². The molecule has 2 nitrogen and oxygen atoms in total. The summed E-state index contributed by atoms with van der Waals surface area (Å²) < 4.78 is 27.5. The van der Waals surface area contributed by atoms with Gasteiger partial charge in [0, 0.05) is 11.0 Å². The Hall–Kier alpha value is -0.970. The Morgan fingerprint density at radius 3 is 2.37 bits per heavy atom. The number of carbonyl (C=O) groups excluding carboxylic acids is 1. The number of hydrogen-bond acceptors (Lipinski definition) is 1. The van der Waals surface area contributed by atoms with Crippen molar-refractivity contribution in [2.75, 3.05) is 6.54 Å². The van der Waals surface area contributed by atoms with Crippen molar-refractivity contribution >= 4 is 21.8 Å². The van der Waals surface area contributed by atoms with Gasteiger partial charge in [-0.05, 0) is 30.9 Å². The van der Waals surface area contributed by atoms with Crippen LogP contribution in [-0.2, 0) is 0 Å². The SMILES string of the molecule is O=C(NCC1CCCCC1)c1c(F)cc(Br)cc1F. The molecule has 0 atom stereocenters. The van der Waals surface area contributed by atoms with Crippen LogP contribution in [0.4, 0.5) is 8.78 Å². The molecule has 5 heteroatoms. The van der Waals surface area contributed by atoms with Crippen LogP contribution in [0.3, 0.4) is 0 Å². The maximum absolute atomic E-state index is 13.6. The molecule has 1 aliphatic carbocycles. The molecule has 0 unspecified atom stereocenters. The van der Waals surface area contributed by atoms with Crippen LogP contribution in [0, 0.1) is 17.6 Å². The molecule has 0 spiro atoms. The molecule has 2 rings (SSSR count). The number of hydrogen-bond donors (Lipinski definition) is 1. The molecule has 1 aromatic carbocycles. The Bertz CT molecular complexity index is 450. The van der Waals surface area contributed by atoms with E-state index in [9.17, 15) is 13.6 Å². The Kier molecular flexibility index (Phi) is 4.91. The topological polar surface area (TPSA) is 29.1 Å².